The van der Waals surface area contributed by atoms with Gasteiger partial charge in [-0.2, -0.15) is 0 Å². The van der Waals surface area contributed by atoms with Crippen LogP contribution in [0.2, 0.25) is 0 Å². The van der Waals surface area contributed by atoms with Gasteiger partial charge in [-0.05, 0) is 52.8 Å². The molecule has 0 aliphatic carbocycles. The molecule has 0 amide bonds. The van der Waals surface area contributed by atoms with Crippen LogP contribution in [0.4, 0.5) is 0 Å². The zero-order chi connectivity index (χ0) is 13.6. The zero-order valence-electron chi connectivity index (χ0n) is 12.8. The molecule has 0 bridgehead atoms. The van der Waals surface area contributed by atoms with E-state index in [0.29, 0.717) is 0 Å². The molecule has 104 valence electrons. The number of rotatable bonds is 8. The highest BCUT2D eigenvalue weighted by molar-refractivity contribution is 7.57. The van der Waals surface area contributed by atoms with Crippen LogP contribution in [0.5, 0.6) is 0 Å². The molecule has 0 aromatic rings. The number of hydrogen-bond donors (Lipinski definition) is 0. The molecule has 2 atom stereocenters. The van der Waals surface area contributed by atoms with Crippen molar-refractivity contribution in [3.05, 3.63) is 0 Å². The average Bonchev–Trinajstić information content (AvgIpc) is 2.24. The first kappa shape index (κ1) is 17.8. The van der Waals surface area contributed by atoms with E-state index < -0.39 is 0 Å². The van der Waals surface area contributed by atoms with Crippen molar-refractivity contribution in [3.63, 3.8) is 0 Å². The summed E-state index contributed by atoms with van der Waals surface area (Å²) < 4.78 is 11.4. The molecule has 0 aliphatic heterocycles. The summed E-state index contributed by atoms with van der Waals surface area (Å²) in [5.41, 5.74) is 0.175. The van der Waals surface area contributed by atoms with Gasteiger partial charge in [0.25, 0.3) is 0 Å². The monoisotopic (exact) mass is 280 g/mol. The molecular weight excluding hydrogens is 250 g/mol. The van der Waals surface area contributed by atoms with Crippen molar-refractivity contribution in [2.24, 2.45) is 5.41 Å². The third kappa shape index (κ3) is 5.11. The molecule has 0 saturated carbocycles. The van der Waals surface area contributed by atoms with Gasteiger partial charge in [0.05, 0.1) is 12.2 Å². The summed E-state index contributed by atoms with van der Waals surface area (Å²) in [7, 11) is 3.75. The molecule has 2 unspecified atom stereocenters. The Hall–Kier alpha value is 0.780. The lowest BCUT2D eigenvalue weighted by molar-refractivity contribution is -0.0630. The normalized spacial score (nSPS) is 16.6. The van der Waals surface area contributed by atoms with Gasteiger partial charge in [-0.3, -0.25) is 0 Å². The first-order chi connectivity index (χ1) is 7.80. The van der Waals surface area contributed by atoms with Crippen molar-refractivity contribution in [2.45, 2.75) is 26.1 Å². The molecule has 0 saturated heterocycles. The minimum Gasteiger partial charge on any atom is -0.381 e. The Morgan fingerprint density at radius 1 is 0.824 bits per heavy atom. The maximum absolute atomic E-state index is 5.68. The quantitative estimate of drug-likeness (QED) is 0.633. The zero-order valence-corrected chi connectivity index (χ0v) is 14.6. The Balaban J connectivity index is 5.19. The van der Waals surface area contributed by atoms with Crippen molar-refractivity contribution >= 4 is 15.8 Å². The van der Waals surface area contributed by atoms with Gasteiger partial charge in [0.2, 0.25) is 0 Å². The third-order valence-corrected chi connectivity index (χ3v) is 5.99. The van der Waals surface area contributed by atoms with E-state index in [1.54, 1.807) is 0 Å². The molecule has 0 spiro atoms. The topological polar surface area (TPSA) is 18.5 Å². The van der Waals surface area contributed by atoms with Gasteiger partial charge in [0, 0.05) is 19.6 Å². The summed E-state index contributed by atoms with van der Waals surface area (Å²) in [6, 6.07) is 0. The summed E-state index contributed by atoms with van der Waals surface area (Å²) in [5.74, 6) is 0. The van der Waals surface area contributed by atoms with Gasteiger partial charge in [0.1, 0.15) is 0 Å². The summed E-state index contributed by atoms with van der Waals surface area (Å²) in [6.07, 6.45) is 2.97. The summed E-state index contributed by atoms with van der Waals surface area (Å²) in [5, 5.41) is 0. The molecule has 17 heavy (non-hydrogen) atoms. The van der Waals surface area contributed by atoms with Crippen LogP contribution in [0.15, 0.2) is 0 Å². The van der Waals surface area contributed by atoms with Crippen LogP contribution in [0.25, 0.3) is 0 Å². The molecule has 0 aromatic heterocycles. The van der Waals surface area contributed by atoms with E-state index in [1.165, 1.54) is 12.3 Å². The average molecular weight is 280 g/mol. The Morgan fingerprint density at radius 2 is 1.12 bits per heavy atom. The standard InChI is InChI=1S/C13H30O2P2/c1-11(14-3)13(9-16(5)6,10-17(7)8)12(2)15-4/h11-12H,9-10H2,1-8H3. The Morgan fingerprint density at radius 3 is 1.29 bits per heavy atom. The lowest BCUT2D eigenvalue weighted by atomic mass is 9.81. The van der Waals surface area contributed by atoms with Gasteiger partial charge >= 0.3 is 0 Å². The largest absolute Gasteiger partial charge is 0.381 e. The van der Waals surface area contributed by atoms with E-state index in [4.69, 9.17) is 9.47 Å². The van der Waals surface area contributed by atoms with Gasteiger partial charge in [-0.1, -0.05) is 0 Å². The fourth-order valence-electron chi connectivity index (χ4n) is 2.54. The van der Waals surface area contributed by atoms with Crippen LogP contribution in [-0.4, -0.2) is 65.4 Å². The molecule has 0 N–H and O–H groups in total. The molecule has 0 rings (SSSR count). The van der Waals surface area contributed by atoms with E-state index in [9.17, 15) is 0 Å². The van der Waals surface area contributed by atoms with E-state index in [1.807, 2.05) is 14.2 Å². The van der Waals surface area contributed by atoms with Crippen molar-refractivity contribution in [1.82, 2.24) is 0 Å². The third-order valence-electron chi connectivity index (χ3n) is 3.55. The van der Waals surface area contributed by atoms with Crippen LogP contribution >= 0.6 is 15.8 Å². The van der Waals surface area contributed by atoms with E-state index in [2.05, 4.69) is 40.5 Å². The first-order valence-electron chi connectivity index (χ1n) is 6.15. The molecule has 4 heteroatoms. The van der Waals surface area contributed by atoms with Gasteiger partial charge in [-0.25, -0.2) is 0 Å². The van der Waals surface area contributed by atoms with Crippen LogP contribution in [-0.2, 0) is 9.47 Å². The van der Waals surface area contributed by atoms with Crippen molar-refractivity contribution in [3.8, 4) is 0 Å². The van der Waals surface area contributed by atoms with Crippen LogP contribution < -0.4 is 0 Å². The molecule has 0 heterocycles. The van der Waals surface area contributed by atoms with Gasteiger partial charge < -0.3 is 9.47 Å². The fourth-order valence-corrected chi connectivity index (χ4v) is 6.33. The Labute approximate surface area is 110 Å². The van der Waals surface area contributed by atoms with E-state index in [0.717, 1.165) is 0 Å². The first-order valence-corrected chi connectivity index (χ1v) is 11.0. The molecule has 0 aliphatic rings. The number of methoxy groups -OCH3 is 2. The predicted octanol–water partition coefficient (Wildman–Crippen LogP) is 3.53. The highest BCUT2D eigenvalue weighted by Gasteiger charge is 2.43. The van der Waals surface area contributed by atoms with Crippen LogP contribution in [0, 0.1) is 5.41 Å². The molecule has 0 aromatic carbocycles. The minimum atomic E-state index is 0.0550. The fraction of sp³-hybridized carbons (Fsp3) is 1.00. The van der Waals surface area contributed by atoms with Crippen molar-refractivity contribution in [1.29, 1.82) is 0 Å². The maximum Gasteiger partial charge on any atom is 0.0630 e. The predicted molar refractivity (Wildman–Crippen MR) is 82.6 cm³/mol. The SMILES string of the molecule is COC(C)C(CP(C)C)(CP(C)C)C(C)OC. The summed E-state index contributed by atoms with van der Waals surface area (Å²) >= 11 is 0. The second kappa shape index (κ2) is 8.05. The van der Waals surface area contributed by atoms with E-state index >= 15 is 0 Å². The smallest absolute Gasteiger partial charge is 0.0630 e. The number of ether oxygens (including phenoxy) is 2. The van der Waals surface area contributed by atoms with E-state index in [-0.39, 0.29) is 33.5 Å². The maximum atomic E-state index is 5.68. The Kier molecular flexibility index (Phi) is 8.42. The second-order valence-electron chi connectivity index (χ2n) is 5.46. The summed E-state index contributed by atoms with van der Waals surface area (Å²) in [4.78, 5) is 0. The second-order valence-corrected chi connectivity index (χ2v) is 10.4. The van der Waals surface area contributed by atoms with Crippen molar-refractivity contribution in [2.75, 3.05) is 53.2 Å². The van der Waals surface area contributed by atoms with Crippen molar-refractivity contribution < 1.29 is 9.47 Å². The molecule has 2 nitrogen and oxygen atoms in total. The van der Waals surface area contributed by atoms with Gasteiger partial charge in [-0.15, -0.1) is 15.8 Å². The lowest BCUT2D eigenvalue weighted by Crippen LogP contribution is -2.49. The van der Waals surface area contributed by atoms with Crippen LogP contribution in [0.3, 0.4) is 0 Å². The summed E-state index contributed by atoms with van der Waals surface area (Å²) in [6.45, 7) is 13.8. The van der Waals surface area contributed by atoms with Crippen LogP contribution in [0.1, 0.15) is 13.8 Å². The van der Waals surface area contributed by atoms with Gasteiger partial charge in [0.15, 0.2) is 0 Å². The molecule has 0 radical (unpaired) electrons. The minimum absolute atomic E-state index is 0.0550. The number of hydrogen-bond acceptors (Lipinski definition) is 2. The molecule has 0 fully saturated rings. The Bertz CT molecular complexity index is 186. The highest BCUT2D eigenvalue weighted by atomic mass is 31.1. The lowest BCUT2D eigenvalue weighted by Gasteiger charge is -2.45. The highest BCUT2D eigenvalue weighted by Crippen LogP contribution is 2.47. The molecular formula is C13H30O2P2.